The molecule has 24 heavy (non-hydrogen) atoms. The van der Waals surface area contributed by atoms with Gasteiger partial charge in [-0.2, -0.15) is 0 Å². The molecule has 0 fully saturated rings. The zero-order valence-electron chi connectivity index (χ0n) is 12.9. The third-order valence-electron chi connectivity index (χ3n) is 3.66. The van der Waals surface area contributed by atoms with Gasteiger partial charge in [-0.3, -0.25) is 4.72 Å². The Morgan fingerprint density at radius 2 is 1.62 bits per heavy atom. The molecule has 0 aliphatic carbocycles. The van der Waals surface area contributed by atoms with Crippen molar-refractivity contribution in [3.8, 4) is 0 Å². The van der Waals surface area contributed by atoms with E-state index in [2.05, 4.69) is 4.72 Å². The quantitative estimate of drug-likeness (QED) is 0.759. The first-order valence-electron chi connectivity index (χ1n) is 7.22. The SMILES string of the molecule is Cc1cccc(S(=O)(=O)Nc2cc3ccccc3cc2C(=O)O)c1. The van der Waals surface area contributed by atoms with E-state index in [0.717, 1.165) is 16.3 Å². The molecular formula is C18H15NO4S. The minimum absolute atomic E-state index is 0.0442. The monoisotopic (exact) mass is 341 g/mol. The minimum atomic E-state index is -3.87. The van der Waals surface area contributed by atoms with Gasteiger partial charge in [0.25, 0.3) is 10.0 Å². The Morgan fingerprint density at radius 1 is 0.958 bits per heavy atom. The fourth-order valence-corrected chi connectivity index (χ4v) is 3.66. The molecule has 0 amide bonds. The third kappa shape index (κ3) is 3.09. The minimum Gasteiger partial charge on any atom is -0.478 e. The maximum absolute atomic E-state index is 12.6. The zero-order valence-corrected chi connectivity index (χ0v) is 13.7. The number of aryl methyl sites for hydroxylation is 1. The lowest BCUT2D eigenvalue weighted by atomic mass is 10.1. The number of fused-ring (bicyclic) bond motifs is 1. The van der Waals surface area contributed by atoms with Crippen LogP contribution in [0.2, 0.25) is 0 Å². The standard InChI is InChI=1S/C18H15NO4S/c1-12-5-4-8-15(9-12)24(22,23)19-17-11-14-7-3-2-6-13(14)10-16(17)18(20)21/h2-11,19H,1H3,(H,20,21). The third-order valence-corrected chi connectivity index (χ3v) is 5.02. The van der Waals surface area contributed by atoms with Crippen molar-refractivity contribution in [1.29, 1.82) is 0 Å². The van der Waals surface area contributed by atoms with Crippen LogP contribution in [-0.2, 0) is 10.0 Å². The average molecular weight is 341 g/mol. The molecule has 122 valence electrons. The highest BCUT2D eigenvalue weighted by atomic mass is 32.2. The average Bonchev–Trinajstić information content (AvgIpc) is 2.53. The maximum Gasteiger partial charge on any atom is 0.337 e. The Morgan fingerprint density at radius 3 is 2.25 bits per heavy atom. The van der Waals surface area contributed by atoms with Crippen LogP contribution in [0, 0.1) is 6.92 Å². The molecule has 0 bridgehead atoms. The van der Waals surface area contributed by atoms with Gasteiger partial charge in [-0.05, 0) is 47.5 Å². The molecule has 3 aromatic rings. The Labute approximate surface area is 139 Å². The summed E-state index contributed by atoms with van der Waals surface area (Å²) in [4.78, 5) is 11.6. The van der Waals surface area contributed by atoms with Crippen molar-refractivity contribution in [2.24, 2.45) is 0 Å². The summed E-state index contributed by atoms with van der Waals surface area (Å²) in [7, 11) is -3.87. The van der Waals surface area contributed by atoms with E-state index < -0.39 is 16.0 Å². The Bertz CT molecular complexity index is 1040. The number of aromatic carboxylic acids is 1. The van der Waals surface area contributed by atoms with Crippen molar-refractivity contribution in [2.45, 2.75) is 11.8 Å². The van der Waals surface area contributed by atoms with E-state index in [-0.39, 0.29) is 16.1 Å². The van der Waals surface area contributed by atoms with Gasteiger partial charge in [0, 0.05) is 0 Å². The van der Waals surface area contributed by atoms with Gasteiger partial charge in [-0.1, -0.05) is 36.4 Å². The number of benzene rings is 3. The molecule has 0 radical (unpaired) electrons. The van der Waals surface area contributed by atoms with Crippen molar-refractivity contribution in [1.82, 2.24) is 0 Å². The van der Waals surface area contributed by atoms with Crippen molar-refractivity contribution in [3.63, 3.8) is 0 Å². The van der Waals surface area contributed by atoms with E-state index in [1.807, 2.05) is 6.07 Å². The van der Waals surface area contributed by atoms with E-state index in [1.165, 1.54) is 24.3 Å². The van der Waals surface area contributed by atoms with Crippen molar-refractivity contribution >= 4 is 32.5 Å². The summed E-state index contributed by atoms with van der Waals surface area (Å²) in [5, 5.41) is 10.9. The summed E-state index contributed by atoms with van der Waals surface area (Å²) >= 11 is 0. The summed E-state index contributed by atoms with van der Waals surface area (Å²) in [6.45, 7) is 1.79. The fraction of sp³-hybridized carbons (Fsp3) is 0.0556. The zero-order chi connectivity index (χ0) is 17.3. The van der Waals surface area contributed by atoms with Gasteiger partial charge in [0.1, 0.15) is 0 Å². The predicted octanol–water partition coefficient (Wildman–Crippen LogP) is 3.65. The summed E-state index contributed by atoms with van der Waals surface area (Å²) in [5.41, 5.74) is 0.752. The largest absolute Gasteiger partial charge is 0.478 e. The summed E-state index contributed by atoms with van der Waals surface area (Å²) in [5.74, 6) is -1.19. The van der Waals surface area contributed by atoms with Gasteiger partial charge in [-0.25, -0.2) is 13.2 Å². The maximum atomic E-state index is 12.6. The van der Waals surface area contributed by atoms with Gasteiger partial charge in [0.2, 0.25) is 0 Å². The van der Waals surface area contributed by atoms with E-state index in [0.29, 0.717) is 0 Å². The van der Waals surface area contributed by atoms with Crippen LogP contribution in [0.1, 0.15) is 15.9 Å². The molecule has 5 nitrogen and oxygen atoms in total. The molecule has 0 aliphatic heterocycles. The van der Waals surface area contributed by atoms with E-state index in [4.69, 9.17) is 0 Å². The van der Waals surface area contributed by atoms with E-state index >= 15 is 0 Å². The number of carbonyl (C=O) groups is 1. The number of hydrogen-bond acceptors (Lipinski definition) is 3. The molecule has 2 N–H and O–H groups in total. The molecule has 0 spiro atoms. The van der Waals surface area contributed by atoms with Crippen LogP contribution in [-0.4, -0.2) is 19.5 Å². The molecule has 0 aromatic heterocycles. The normalized spacial score (nSPS) is 11.4. The molecule has 0 heterocycles. The van der Waals surface area contributed by atoms with Crippen LogP contribution in [0.4, 0.5) is 5.69 Å². The van der Waals surface area contributed by atoms with Crippen molar-refractivity contribution in [2.75, 3.05) is 4.72 Å². The molecule has 3 rings (SSSR count). The Kier molecular flexibility index (Phi) is 3.99. The highest BCUT2D eigenvalue weighted by molar-refractivity contribution is 7.92. The second kappa shape index (κ2) is 5.98. The van der Waals surface area contributed by atoms with Gasteiger partial charge < -0.3 is 5.11 Å². The smallest absolute Gasteiger partial charge is 0.337 e. The molecule has 0 atom stereocenters. The topological polar surface area (TPSA) is 83.5 Å². The molecule has 3 aromatic carbocycles. The number of carboxylic acids is 1. The van der Waals surface area contributed by atoms with E-state index in [1.54, 1.807) is 37.3 Å². The number of sulfonamides is 1. The fourth-order valence-electron chi connectivity index (χ4n) is 2.49. The van der Waals surface area contributed by atoms with Gasteiger partial charge in [-0.15, -0.1) is 0 Å². The van der Waals surface area contributed by atoms with Gasteiger partial charge in [0.05, 0.1) is 16.1 Å². The molecule has 0 saturated heterocycles. The number of rotatable bonds is 4. The van der Waals surface area contributed by atoms with Crippen molar-refractivity contribution < 1.29 is 18.3 Å². The lowest BCUT2D eigenvalue weighted by Crippen LogP contribution is -2.15. The van der Waals surface area contributed by atoms with Gasteiger partial charge >= 0.3 is 5.97 Å². The summed E-state index contributed by atoms with van der Waals surface area (Å²) < 4.78 is 27.5. The number of nitrogens with one attached hydrogen (secondary N) is 1. The molecule has 0 aliphatic rings. The first-order chi connectivity index (χ1) is 11.4. The molecule has 0 unspecified atom stereocenters. The van der Waals surface area contributed by atoms with Crippen LogP contribution >= 0.6 is 0 Å². The first kappa shape index (κ1) is 16.0. The Balaban J connectivity index is 2.11. The van der Waals surface area contributed by atoms with Gasteiger partial charge in [0.15, 0.2) is 0 Å². The highest BCUT2D eigenvalue weighted by Crippen LogP contribution is 2.26. The molecular weight excluding hydrogens is 326 g/mol. The van der Waals surface area contributed by atoms with Crippen LogP contribution in [0.15, 0.2) is 65.6 Å². The number of anilines is 1. The summed E-state index contributed by atoms with van der Waals surface area (Å²) in [6, 6.07) is 16.6. The Hall–Kier alpha value is -2.86. The molecule has 6 heteroatoms. The highest BCUT2D eigenvalue weighted by Gasteiger charge is 2.19. The summed E-state index contributed by atoms with van der Waals surface area (Å²) in [6.07, 6.45) is 0. The predicted molar refractivity (Wildman–Crippen MR) is 92.9 cm³/mol. The van der Waals surface area contributed by atoms with Crippen LogP contribution in [0.3, 0.4) is 0 Å². The van der Waals surface area contributed by atoms with E-state index in [9.17, 15) is 18.3 Å². The van der Waals surface area contributed by atoms with Crippen LogP contribution in [0.5, 0.6) is 0 Å². The first-order valence-corrected chi connectivity index (χ1v) is 8.71. The second-order valence-electron chi connectivity index (χ2n) is 5.47. The lowest BCUT2D eigenvalue weighted by Gasteiger charge is -2.12. The number of hydrogen-bond donors (Lipinski definition) is 2. The lowest BCUT2D eigenvalue weighted by molar-refractivity contribution is 0.0698. The number of carboxylic acid groups (broad SMARTS) is 1. The molecule has 0 saturated carbocycles. The van der Waals surface area contributed by atoms with Crippen LogP contribution in [0.25, 0.3) is 10.8 Å². The second-order valence-corrected chi connectivity index (χ2v) is 7.15. The van der Waals surface area contributed by atoms with Crippen molar-refractivity contribution in [3.05, 3.63) is 71.8 Å². The van der Waals surface area contributed by atoms with Crippen LogP contribution < -0.4 is 4.72 Å².